The summed E-state index contributed by atoms with van der Waals surface area (Å²) in [7, 11) is 4.71. The molecule has 6 heteroatoms. The van der Waals surface area contributed by atoms with E-state index in [-0.39, 0.29) is 11.9 Å². The fraction of sp³-hybridized carbons (Fsp3) is 0.696. The summed E-state index contributed by atoms with van der Waals surface area (Å²) in [5, 5.41) is 3.24. The smallest absolute Gasteiger partial charge is 0.255 e. The maximum atomic E-state index is 13.0. The second kappa shape index (κ2) is 8.82. The van der Waals surface area contributed by atoms with Gasteiger partial charge in [0.25, 0.3) is 5.91 Å². The van der Waals surface area contributed by atoms with E-state index in [2.05, 4.69) is 10.2 Å². The summed E-state index contributed by atoms with van der Waals surface area (Å²) in [6, 6.07) is 4.32. The monoisotopic (exact) mass is 402 g/mol. The van der Waals surface area contributed by atoms with Crippen molar-refractivity contribution < 1.29 is 19.0 Å². The van der Waals surface area contributed by atoms with Gasteiger partial charge in [-0.3, -0.25) is 9.69 Å². The van der Waals surface area contributed by atoms with E-state index < -0.39 is 0 Å². The van der Waals surface area contributed by atoms with Gasteiger partial charge in [-0.15, -0.1) is 0 Å². The van der Waals surface area contributed by atoms with Gasteiger partial charge in [0.15, 0.2) is 11.5 Å². The molecule has 1 saturated heterocycles. The molecular formula is C23H34N2O4. The van der Waals surface area contributed by atoms with Crippen LogP contribution in [-0.4, -0.2) is 57.3 Å². The number of likely N-dealkylation sites (tertiary alicyclic amines) is 1. The number of methoxy groups -OCH3 is 3. The molecule has 0 aromatic heterocycles. The molecule has 29 heavy (non-hydrogen) atoms. The van der Waals surface area contributed by atoms with Crippen molar-refractivity contribution in [2.75, 3.05) is 34.4 Å². The molecule has 1 aromatic carbocycles. The van der Waals surface area contributed by atoms with Crippen LogP contribution >= 0.6 is 0 Å². The van der Waals surface area contributed by atoms with Crippen LogP contribution in [0.1, 0.15) is 55.3 Å². The highest BCUT2D eigenvalue weighted by molar-refractivity contribution is 5.98. The van der Waals surface area contributed by atoms with Crippen molar-refractivity contribution in [2.45, 2.75) is 57.0 Å². The number of fused-ring (bicyclic) bond motifs is 2. The zero-order chi connectivity index (χ0) is 20.4. The molecule has 1 heterocycles. The fourth-order valence-electron chi connectivity index (χ4n) is 5.88. The van der Waals surface area contributed by atoms with Gasteiger partial charge in [-0.1, -0.05) is 12.8 Å². The number of ether oxygens (including phenoxy) is 3. The van der Waals surface area contributed by atoms with Gasteiger partial charge in [0.1, 0.15) is 5.75 Å². The molecule has 2 bridgehead atoms. The molecule has 1 aromatic rings. The Hall–Kier alpha value is -1.95. The highest BCUT2D eigenvalue weighted by atomic mass is 16.5. The molecule has 0 radical (unpaired) electrons. The Labute approximate surface area is 173 Å². The Morgan fingerprint density at radius 1 is 0.897 bits per heavy atom. The van der Waals surface area contributed by atoms with E-state index in [4.69, 9.17) is 14.2 Å². The van der Waals surface area contributed by atoms with Gasteiger partial charge in [0.05, 0.1) is 26.9 Å². The molecule has 2 aliphatic carbocycles. The number of nitrogens with one attached hydrogen (secondary N) is 1. The van der Waals surface area contributed by atoms with Gasteiger partial charge in [0.2, 0.25) is 0 Å². The van der Waals surface area contributed by atoms with Crippen molar-refractivity contribution in [3.63, 3.8) is 0 Å². The van der Waals surface area contributed by atoms with Gasteiger partial charge >= 0.3 is 0 Å². The molecule has 1 N–H and O–H groups in total. The van der Waals surface area contributed by atoms with Crippen molar-refractivity contribution in [1.29, 1.82) is 0 Å². The average molecular weight is 403 g/mol. The zero-order valence-electron chi connectivity index (χ0n) is 17.9. The second-order valence-corrected chi connectivity index (χ2v) is 8.73. The summed E-state index contributed by atoms with van der Waals surface area (Å²) in [4.78, 5) is 15.7. The first-order valence-electron chi connectivity index (χ1n) is 11.0. The van der Waals surface area contributed by atoms with Crippen LogP contribution in [0.2, 0.25) is 0 Å². The minimum Gasteiger partial charge on any atom is -0.496 e. The topological polar surface area (TPSA) is 60.0 Å². The molecule has 1 amide bonds. The largest absolute Gasteiger partial charge is 0.496 e. The molecule has 6 nitrogen and oxygen atoms in total. The number of rotatable bonds is 6. The van der Waals surface area contributed by atoms with Gasteiger partial charge < -0.3 is 19.5 Å². The third kappa shape index (κ3) is 4.04. The van der Waals surface area contributed by atoms with E-state index in [1.807, 2.05) is 0 Å². The number of amides is 1. The van der Waals surface area contributed by atoms with E-state index in [0.717, 1.165) is 37.4 Å². The molecule has 160 valence electrons. The molecule has 1 aliphatic heterocycles. The highest BCUT2D eigenvalue weighted by Gasteiger charge is 2.42. The number of carbonyl (C=O) groups excluding carboxylic acids is 1. The average Bonchev–Trinajstić information content (AvgIpc) is 3.20. The fourth-order valence-corrected chi connectivity index (χ4v) is 5.88. The lowest BCUT2D eigenvalue weighted by Gasteiger charge is -2.47. The molecule has 0 spiro atoms. The zero-order valence-corrected chi connectivity index (χ0v) is 17.9. The maximum absolute atomic E-state index is 13.0. The maximum Gasteiger partial charge on any atom is 0.255 e. The number of carbonyl (C=O) groups is 1. The van der Waals surface area contributed by atoms with Gasteiger partial charge in [-0.05, 0) is 43.9 Å². The van der Waals surface area contributed by atoms with Crippen LogP contribution in [0.5, 0.6) is 17.2 Å². The van der Waals surface area contributed by atoms with Crippen molar-refractivity contribution in [1.82, 2.24) is 10.2 Å². The predicted molar refractivity (Wildman–Crippen MR) is 112 cm³/mol. The van der Waals surface area contributed by atoms with Crippen molar-refractivity contribution in [3.8, 4) is 17.2 Å². The van der Waals surface area contributed by atoms with Gasteiger partial charge in [-0.2, -0.15) is 0 Å². The number of hydrogen-bond acceptors (Lipinski definition) is 5. The minimum atomic E-state index is -0.113. The van der Waals surface area contributed by atoms with Crippen molar-refractivity contribution in [3.05, 3.63) is 17.7 Å². The molecule has 1 atom stereocenters. The van der Waals surface area contributed by atoms with E-state index in [9.17, 15) is 4.79 Å². The molecule has 3 aliphatic rings. The molecule has 4 rings (SSSR count). The summed E-state index contributed by atoms with van der Waals surface area (Å²) in [6.07, 6.45) is 9.36. The van der Waals surface area contributed by atoms with Crippen LogP contribution in [0, 0.1) is 11.8 Å². The standard InChI is InChI=1S/C23H34N2O4/c1-27-19-13-21(29-3)20(28-2)12-18(19)23(26)24-17-10-11-25(14-17)22-15-6-4-7-16(22)9-5-8-15/h12-13,15-17,22H,4-11,14H2,1-3H3,(H,24,26). The van der Waals surface area contributed by atoms with Crippen LogP contribution in [0.25, 0.3) is 0 Å². The summed E-state index contributed by atoms with van der Waals surface area (Å²) in [6.45, 7) is 2.05. The van der Waals surface area contributed by atoms with Crippen LogP contribution in [-0.2, 0) is 0 Å². The summed E-state index contributed by atoms with van der Waals surface area (Å²) >= 11 is 0. The van der Waals surface area contributed by atoms with Crippen LogP contribution in [0.4, 0.5) is 0 Å². The molecule has 1 unspecified atom stereocenters. The Bertz CT molecular complexity index is 716. The Kier molecular flexibility index (Phi) is 6.18. The first-order valence-corrected chi connectivity index (χ1v) is 11.0. The quantitative estimate of drug-likeness (QED) is 0.789. The Morgan fingerprint density at radius 3 is 2.07 bits per heavy atom. The molecular weight excluding hydrogens is 368 g/mol. The lowest BCUT2D eigenvalue weighted by atomic mass is 9.68. The minimum absolute atomic E-state index is 0.113. The van der Waals surface area contributed by atoms with Crippen molar-refractivity contribution in [2.24, 2.45) is 11.8 Å². The Balaban J connectivity index is 1.43. The lowest BCUT2D eigenvalue weighted by Crippen LogP contribution is -2.50. The lowest BCUT2D eigenvalue weighted by molar-refractivity contribution is 0.0346. The number of nitrogens with zero attached hydrogens (tertiary/aromatic N) is 1. The van der Waals surface area contributed by atoms with Gasteiger partial charge in [0, 0.05) is 37.3 Å². The first kappa shape index (κ1) is 20.3. The van der Waals surface area contributed by atoms with Crippen LogP contribution in [0.15, 0.2) is 12.1 Å². The first-order chi connectivity index (χ1) is 14.1. The Morgan fingerprint density at radius 2 is 1.48 bits per heavy atom. The summed E-state index contributed by atoms with van der Waals surface area (Å²) < 4.78 is 16.1. The third-order valence-electron chi connectivity index (χ3n) is 7.19. The number of benzene rings is 1. The summed E-state index contributed by atoms with van der Waals surface area (Å²) in [5.74, 6) is 3.19. The SMILES string of the molecule is COc1cc(OC)c(C(=O)NC2CCN(C3C4CCCC3CCC4)C2)cc1OC. The number of hydrogen-bond donors (Lipinski definition) is 1. The second-order valence-electron chi connectivity index (χ2n) is 8.73. The van der Waals surface area contributed by atoms with Gasteiger partial charge in [-0.25, -0.2) is 0 Å². The van der Waals surface area contributed by atoms with E-state index in [0.29, 0.717) is 22.8 Å². The molecule has 2 saturated carbocycles. The van der Waals surface area contributed by atoms with Crippen LogP contribution in [0.3, 0.4) is 0 Å². The predicted octanol–water partition coefficient (Wildman–Crippen LogP) is 3.49. The third-order valence-corrected chi connectivity index (χ3v) is 7.19. The van der Waals surface area contributed by atoms with E-state index in [1.54, 1.807) is 33.5 Å². The van der Waals surface area contributed by atoms with E-state index >= 15 is 0 Å². The summed E-state index contributed by atoms with van der Waals surface area (Å²) in [5.41, 5.74) is 0.484. The van der Waals surface area contributed by atoms with Crippen LogP contribution < -0.4 is 19.5 Å². The van der Waals surface area contributed by atoms with Crippen molar-refractivity contribution >= 4 is 5.91 Å². The van der Waals surface area contributed by atoms with E-state index in [1.165, 1.54) is 38.5 Å². The highest BCUT2D eigenvalue weighted by Crippen LogP contribution is 2.43. The normalized spacial score (nSPS) is 29.3. The molecule has 3 fully saturated rings.